The van der Waals surface area contributed by atoms with E-state index in [1.54, 1.807) is 36.5 Å². The Kier molecular flexibility index (Phi) is 30.0. The number of aliphatic hydroxyl groups is 6. The number of alkyl carbamates (subject to hydrolysis) is 1. The van der Waals surface area contributed by atoms with Gasteiger partial charge < -0.3 is 88.1 Å². The number of rotatable bonds is 17. The van der Waals surface area contributed by atoms with Gasteiger partial charge >= 0.3 is 41.3 Å². The van der Waals surface area contributed by atoms with Gasteiger partial charge in [0.15, 0.2) is 24.6 Å². The van der Waals surface area contributed by atoms with Crippen LogP contribution >= 0.6 is 23.2 Å². The number of nitrogens with two attached hydrogens (primary N) is 2. The van der Waals surface area contributed by atoms with Gasteiger partial charge in [-0.25, -0.2) is 24.2 Å². The molecule has 0 spiro atoms. The fourth-order valence-corrected chi connectivity index (χ4v) is 9.62. The van der Waals surface area contributed by atoms with Crippen LogP contribution in [-0.4, -0.2) is 153 Å². The van der Waals surface area contributed by atoms with Crippen molar-refractivity contribution in [3.8, 4) is 11.3 Å². The Morgan fingerprint density at radius 3 is 2.01 bits per heavy atom. The number of carbonyl (C=O) groups excluding carboxylic acids is 4. The number of amides is 2. The number of halogens is 2. The van der Waals surface area contributed by atoms with Crippen molar-refractivity contribution in [2.75, 3.05) is 32.2 Å². The second-order valence-electron chi connectivity index (χ2n) is 19.6. The topological polar surface area (TPSA) is 405 Å². The molecule has 3 aliphatic rings. The van der Waals surface area contributed by atoms with E-state index < -0.39 is 86.0 Å². The number of nitrogen functional groups attached to an aromatic ring is 1. The molecule has 0 bridgehead atoms. The molecule has 0 saturated carbocycles. The summed E-state index contributed by atoms with van der Waals surface area (Å²) in [5.74, 6) is -1.23. The zero-order chi connectivity index (χ0) is 61.3. The first kappa shape index (κ1) is 74.1. The molecule has 10 rings (SSSR count). The van der Waals surface area contributed by atoms with Gasteiger partial charge in [-0.2, -0.15) is 4.98 Å². The quantitative estimate of drug-likeness (QED) is 0.0381. The van der Waals surface area contributed by atoms with Gasteiger partial charge in [-0.15, -0.1) is 5.10 Å². The van der Waals surface area contributed by atoms with Crippen LogP contribution in [0.4, 0.5) is 10.6 Å². The number of hydrogen-bond acceptors (Lipinski definition) is 22. The number of nitrogens with zero attached hydrogens (tertiary/aromatic N) is 6. The van der Waals surface area contributed by atoms with E-state index in [0.29, 0.717) is 54.8 Å². The monoisotopic (exact) mass is 1300 g/mol. The number of Topliss-reactive ketones (excluding diaryl/α,β-unsaturated/α-hetero) is 1. The summed E-state index contributed by atoms with van der Waals surface area (Å²) in [7, 11) is 0. The molecule has 6 heterocycles. The number of ether oxygens (including phenoxy) is 4. The first-order valence-electron chi connectivity index (χ1n) is 26.3. The minimum Gasteiger partial charge on any atom is -0.550 e. The molecule has 0 aliphatic carbocycles. The van der Waals surface area contributed by atoms with E-state index >= 15 is 0 Å². The van der Waals surface area contributed by atoms with Gasteiger partial charge in [0.25, 0.3) is 5.91 Å². The number of carbonyl (C=O) groups is 4. The number of aliphatic carboxylic acids is 1. The Morgan fingerprint density at radius 2 is 1.44 bits per heavy atom. The second kappa shape index (κ2) is 35.7. The Morgan fingerprint density at radius 1 is 0.818 bits per heavy atom. The number of ketones is 1. The summed E-state index contributed by atoms with van der Waals surface area (Å²) >= 11 is 12.2. The van der Waals surface area contributed by atoms with E-state index in [2.05, 4.69) is 25.4 Å². The van der Waals surface area contributed by atoms with Crippen LogP contribution in [0.15, 0.2) is 125 Å². The van der Waals surface area contributed by atoms with Crippen molar-refractivity contribution in [3.63, 3.8) is 0 Å². The number of nitrogens with one attached hydrogen (secondary N) is 1. The third kappa shape index (κ3) is 20.6. The molecule has 3 fully saturated rings. The molecular weight excluding hydrogens is 1240 g/mol. The van der Waals surface area contributed by atoms with E-state index in [-0.39, 0.29) is 85.5 Å². The molecule has 11 N–H and O–H groups in total. The fourth-order valence-electron chi connectivity index (χ4n) is 9.09. The molecule has 4 aromatic carbocycles. The molecule has 3 aromatic heterocycles. The Hall–Kier alpha value is -6.41. The number of benzene rings is 4. The van der Waals surface area contributed by atoms with Gasteiger partial charge in [-0.3, -0.25) is 14.2 Å². The maximum absolute atomic E-state index is 12.6. The Bertz CT molecular complexity index is 3430. The standard InChI is InChI=1S/C25H26N2O5.C15H12Cl2O2.C9H13N3O5.C8H12N4O5.CH3.Na.V/c1-17-9-19(5-6-23(17)24-14-26-16-31-24)12-21(28)11-18-3-2-4-20(10-18)13-27-25(29)32-22-7-8-30-15-22;16-13-6-3-7-14(17)12(13)8-10-4-1-2-5-11(10)9-15(18)19;10-5-1-2-12(9(16)11-5)8-7(15)6(14)4(3-13)17-8;9-6(16)7-10-2-12(11-7)8-5(15)4(14)3(1-13)17-8;;;/h2-6,9-10,14,16,22H,7-8,11-13,15H2,1H3,(H,27,29);1-7H,8-9H2,(H,18,19);1-2,4,6-8,13-15H,3H2,(H2,10,11,16);2-5,8,13-15H,1H2,(H2,9,16);1H3;;/q;;;;-1;+1;/p-1/t22-;;4-,6?,7+,8-;3-,4?,5+,8-;;;/m0.11.../s1. The first-order valence-corrected chi connectivity index (χ1v) is 27.1. The van der Waals surface area contributed by atoms with Crippen LogP contribution in [0.2, 0.25) is 10.0 Å². The minimum atomic E-state index is -1.31. The van der Waals surface area contributed by atoms with Crippen molar-refractivity contribution in [1.82, 2.24) is 34.6 Å². The molecule has 9 atom stereocenters. The van der Waals surface area contributed by atoms with Gasteiger partial charge in [0.05, 0.1) is 32.6 Å². The third-order valence-electron chi connectivity index (χ3n) is 13.4. The number of aromatic nitrogens is 6. The maximum Gasteiger partial charge on any atom is 1.00 e. The van der Waals surface area contributed by atoms with Crippen molar-refractivity contribution >= 4 is 52.8 Å². The zero-order valence-electron chi connectivity index (χ0n) is 48.0. The van der Waals surface area contributed by atoms with E-state index in [1.165, 1.54) is 18.7 Å². The molecule has 26 nitrogen and oxygen atoms in total. The van der Waals surface area contributed by atoms with Gasteiger partial charge in [-0.05, 0) is 64.1 Å². The van der Waals surface area contributed by atoms with Crippen LogP contribution in [0.3, 0.4) is 0 Å². The van der Waals surface area contributed by atoms with E-state index in [1.807, 2.05) is 61.5 Å². The predicted octanol–water partition coefficient (Wildman–Crippen LogP) is -1.23. The summed E-state index contributed by atoms with van der Waals surface area (Å²) in [6.07, 6.45) is -2.26. The van der Waals surface area contributed by atoms with Crippen molar-refractivity contribution in [2.45, 2.75) is 101 Å². The number of primary amides is 1. The van der Waals surface area contributed by atoms with Gasteiger partial charge in [0, 0.05) is 85.0 Å². The van der Waals surface area contributed by atoms with Crippen LogP contribution in [0.25, 0.3) is 11.3 Å². The molecule has 465 valence electrons. The number of anilines is 1. The fraction of sp³-hybridized carbons (Fsp3) is 0.345. The van der Waals surface area contributed by atoms with Gasteiger partial charge in [-0.1, -0.05) is 96.0 Å². The normalized spacial score (nSPS) is 20.6. The minimum absolute atomic E-state index is 0. The summed E-state index contributed by atoms with van der Waals surface area (Å²) in [6, 6.07) is 27.6. The van der Waals surface area contributed by atoms with Crippen molar-refractivity contribution in [1.29, 1.82) is 0 Å². The number of aryl methyl sites for hydroxylation is 1. The molecule has 7 aromatic rings. The van der Waals surface area contributed by atoms with Crippen molar-refractivity contribution in [2.24, 2.45) is 5.73 Å². The molecule has 1 radical (unpaired) electrons. The first-order chi connectivity index (χ1) is 40.7. The molecule has 3 aliphatic heterocycles. The number of oxazole rings is 1. The van der Waals surface area contributed by atoms with E-state index in [9.17, 15) is 49.5 Å². The van der Waals surface area contributed by atoms with Gasteiger partial charge in [0.2, 0.25) is 5.82 Å². The second-order valence-corrected chi connectivity index (χ2v) is 20.4. The Labute approximate surface area is 548 Å². The van der Waals surface area contributed by atoms with Crippen LogP contribution in [0.5, 0.6) is 0 Å². The summed E-state index contributed by atoms with van der Waals surface area (Å²) in [4.78, 5) is 68.6. The summed E-state index contributed by atoms with van der Waals surface area (Å²) in [5.41, 5.74) is 16.8. The predicted molar refractivity (Wildman–Crippen MR) is 306 cm³/mol. The smallest absolute Gasteiger partial charge is 0.550 e. The molecular formula is C58H65Cl2N9NaO17V-. The zero-order valence-corrected chi connectivity index (χ0v) is 52.9. The van der Waals surface area contributed by atoms with E-state index in [0.717, 1.165) is 66.5 Å². The van der Waals surface area contributed by atoms with Crippen LogP contribution in [0, 0.1) is 14.4 Å². The molecule has 2 amide bonds. The third-order valence-corrected chi connectivity index (χ3v) is 14.1. The molecule has 3 saturated heterocycles. The van der Waals surface area contributed by atoms with E-state index in [4.69, 9.17) is 68.2 Å². The number of aliphatic hydroxyl groups excluding tert-OH is 6. The van der Waals surface area contributed by atoms with Crippen LogP contribution < -0.4 is 57.1 Å². The summed E-state index contributed by atoms with van der Waals surface area (Å²) in [6.45, 7) is 2.52. The molecule has 88 heavy (non-hydrogen) atoms. The maximum atomic E-state index is 12.6. The van der Waals surface area contributed by atoms with Gasteiger partial charge in [0.1, 0.15) is 60.7 Å². The number of hydrogen-bond donors (Lipinski definition) is 9. The van der Waals surface area contributed by atoms with Crippen molar-refractivity contribution < 1.29 is 126 Å². The largest absolute Gasteiger partial charge is 1.00 e. The average molecular weight is 1310 g/mol. The molecule has 30 heteroatoms. The number of carboxylic acid groups (broad SMARTS) is 1. The van der Waals surface area contributed by atoms with Crippen LogP contribution in [0.1, 0.15) is 68.4 Å². The Balaban J connectivity index is 0.000000259. The summed E-state index contributed by atoms with van der Waals surface area (Å²) in [5, 5.41) is 74.6. The van der Waals surface area contributed by atoms with Crippen LogP contribution in [-0.2, 0) is 79.3 Å². The number of carboxylic acids is 1. The average Bonchev–Trinajstić information content (AvgIpc) is 4.15. The van der Waals surface area contributed by atoms with Crippen molar-refractivity contribution in [3.05, 3.63) is 189 Å². The SMILES string of the molecule is Cc1cc(CC(=O)Cc2cccc(CNC(=O)O[C@H]3CCOC3)c2)ccc1-c1cnco1.NC(=O)c1ncn([C@@H]2O[C@H](CO)C(O)[C@@H]2O)n1.Nc1ccn([C@@H]2O[C@H](CO)C(O)[C@@H]2O)c(=O)n1.O=C([O-])Cc1ccccc1Cc1c(Cl)cccc1Cl.[CH3-].[Na+].[V]. The summed E-state index contributed by atoms with van der Waals surface area (Å²) < 4.78 is 28.3. The molecule has 2 unspecified atom stereocenters.